The zero-order valence-electron chi connectivity index (χ0n) is 14.6. The molecule has 1 aromatic carbocycles. The number of rotatable bonds is 5. The minimum absolute atomic E-state index is 0.0352. The van der Waals surface area contributed by atoms with Gasteiger partial charge in [-0.2, -0.15) is 0 Å². The number of amides is 1. The third-order valence-corrected chi connectivity index (χ3v) is 4.58. The van der Waals surface area contributed by atoms with Crippen LogP contribution < -0.4 is 10.2 Å². The van der Waals surface area contributed by atoms with Gasteiger partial charge in [0.05, 0.1) is 0 Å². The molecule has 2 aromatic rings. The Labute approximate surface area is 150 Å². The van der Waals surface area contributed by atoms with Crippen LogP contribution in [-0.4, -0.2) is 53.5 Å². The van der Waals surface area contributed by atoms with Crippen LogP contribution >= 0.6 is 0 Å². The van der Waals surface area contributed by atoms with Crippen LogP contribution in [0.15, 0.2) is 36.7 Å². The summed E-state index contributed by atoms with van der Waals surface area (Å²) in [5, 5.41) is 1.84. The number of nitrogens with two attached hydrogens (primary N) is 1. The van der Waals surface area contributed by atoms with E-state index in [2.05, 4.69) is 14.9 Å². The Hall–Kier alpha value is -2.61. The van der Waals surface area contributed by atoms with E-state index < -0.39 is 11.6 Å². The zero-order valence-corrected chi connectivity index (χ0v) is 14.6. The number of anilines is 1. The minimum Gasteiger partial charge on any atom is -0.337 e. The lowest BCUT2D eigenvalue weighted by Crippen LogP contribution is -2.87. The van der Waals surface area contributed by atoms with Crippen molar-refractivity contribution < 1.29 is 18.9 Å². The van der Waals surface area contributed by atoms with Crippen molar-refractivity contribution in [2.45, 2.75) is 13.0 Å². The van der Waals surface area contributed by atoms with Crippen molar-refractivity contribution in [2.24, 2.45) is 0 Å². The maximum atomic E-state index is 13.3. The summed E-state index contributed by atoms with van der Waals surface area (Å²) in [5.74, 6) is -1.02. The van der Waals surface area contributed by atoms with E-state index in [-0.39, 0.29) is 18.5 Å². The molecule has 1 aliphatic heterocycles. The molecule has 26 heavy (non-hydrogen) atoms. The first-order valence-electron chi connectivity index (χ1n) is 8.62. The molecule has 0 spiro atoms. The predicted octanol–water partition coefficient (Wildman–Crippen LogP) is 0.728. The lowest BCUT2D eigenvalue weighted by molar-refractivity contribution is -0.683. The van der Waals surface area contributed by atoms with Crippen molar-refractivity contribution in [2.75, 3.05) is 37.6 Å². The van der Waals surface area contributed by atoms with Gasteiger partial charge in [-0.05, 0) is 31.2 Å². The van der Waals surface area contributed by atoms with E-state index in [4.69, 9.17) is 0 Å². The molecule has 3 rings (SSSR count). The number of carbonyl (C=O) groups excluding carboxylic acids is 1. The fraction of sp³-hybridized carbons (Fsp3) is 0.389. The largest absolute Gasteiger partial charge is 0.337 e. The van der Waals surface area contributed by atoms with E-state index in [1.807, 2.05) is 17.1 Å². The second-order valence-electron chi connectivity index (χ2n) is 6.32. The Kier molecular flexibility index (Phi) is 5.72. The van der Waals surface area contributed by atoms with Gasteiger partial charge in [-0.3, -0.25) is 4.79 Å². The average molecular weight is 362 g/mol. The Bertz CT molecular complexity index is 751. The zero-order chi connectivity index (χ0) is 18.5. The minimum atomic E-state index is -0.867. The summed E-state index contributed by atoms with van der Waals surface area (Å²) in [6.45, 7) is 4.74. The smallest absolute Gasteiger partial charge is 0.277 e. The van der Waals surface area contributed by atoms with Crippen molar-refractivity contribution in [1.29, 1.82) is 0 Å². The molecule has 0 bridgehead atoms. The molecule has 8 heteroatoms. The average Bonchev–Trinajstić information content (AvgIpc) is 2.68. The maximum Gasteiger partial charge on any atom is 0.277 e. The van der Waals surface area contributed by atoms with Crippen molar-refractivity contribution in [3.05, 3.63) is 53.9 Å². The molecule has 0 radical (unpaired) electrons. The molecule has 1 saturated heterocycles. The predicted molar refractivity (Wildman–Crippen MR) is 92.4 cm³/mol. The highest BCUT2D eigenvalue weighted by atomic mass is 19.2. The van der Waals surface area contributed by atoms with Gasteiger partial charge in [-0.1, -0.05) is 0 Å². The van der Waals surface area contributed by atoms with Gasteiger partial charge in [0.15, 0.2) is 18.2 Å². The fourth-order valence-electron chi connectivity index (χ4n) is 2.95. The summed E-state index contributed by atoms with van der Waals surface area (Å²) in [6.07, 6.45) is 3.41. The number of hydrogen-bond acceptors (Lipinski definition) is 4. The van der Waals surface area contributed by atoms with Gasteiger partial charge in [0.25, 0.3) is 5.91 Å². The van der Waals surface area contributed by atoms with Gasteiger partial charge in [-0.15, -0.1) is 0 Å². The van der Waals surface area contributed by atoms with E-state index in [9.17, 15) is 13.6 Å². The van der Waals surface area contributed by atoms with Crippen LogP contribution in [0, 0.1) is 11.6 Å². The van der Waals surface area contributed by atoms with E-state index in [1.165, 1.54) is 6.07 Å². The van der Waals surface area contributed by atoms with Gasteiger partial charge in [0, 0.05) is 44.1 Å². The number of benzene rings is 1. The number of piperazine rings is 1. The Morgan fingerprint density at radius 1 is 1.15 bits per heavy atom. The number of hydrogen-bond donors (Lipinski definition) is 1. The number of nitrogens with zero attached hydrogens (tertiary/aromatic N) is 4. The normalized spacial score (nSPS) is 15.8. The van der Waals surface area contributed by atoms with Crippen molar-refractivity contribution >= 4 is 11.9 Å². The van der Waals surface area contributed by atoms with Crippen LogP contribution in [0.1, 0.15) is 18.5 Å². The van der Waals surface area contributed by atoms with Crippen molar-refractivity contribution in [1.82, 2.24) is 14.9 Å². The summed E-state index contributed by atoms with van der Waals surface area (Å²) < 4.78 is 26.3. The highest BCUT2D eigenvalue weighted by Crippen LogP contribution is 2.13. The molecule has 138 valence electrons. The quantitative estimate of drug-likeness (QED) is 0.852. The van der Waals surface area contributed by atoms with E-state index in [0.717, 1.165) is 6.07 Å². The molecule has 1 amide bonds. The first-order valence-corrected chi connectivity index (χ1v) is 8.62. The maximum absolute atomic E-state index is 13.3. The molecule has 0 aliphatic carbocycles. The molecule has 0 saturated carbocycles. The van der Waals surface area contributed by atoms with Crippen molar-refractivity contribution in [3.63, 3.8) is 0 Å². The van der Waals surface area contributed by atoms with Gasteiger partial charge in [0.1, 0.15) is 6.04 Å². The number of aromatic nitrogens is 2. The molecular weight excluding hydrogens is 340 g/mol. The van der Waals surface area contributed by atoms with Gasteiger partial charge in [-0.25, -0.2) is 18.7 Å². The van der Waals surface area contributed by atoms with Gasteiger partial charge >= 0.3 is 0 Å². The van der Waals surface area contributed by atoms with E-state index >= 15 is 0 Å². The summed E-state index contributed by atoms with van der Waals surface area (Å²) in [4.78, 5) is 24.7. The molecule has 6 nitrogen and oxygen atoms in total. The summed E-state index contributed by atoms with van der Waals surface area (Å²) in [7, 11) is 0. The van der Waals surface area contributed by atoms with Crippen LogP contribution in [0.5, 0.6) is 0 Å². The summed E-state index contributed by atoms with van der Waals surface area (Å²) >= 11 is 0. The lowest BCUT2D eigenvalue weighted by Gasteiger charge is -2.34. The standard InChI is InChI=1S/C18H21F2N5O/c1-13(14-3-4-15(19)16(20)11-14)23-12-17(26)24-7-9-25(10-8-24)18-21-5-2-6-22-18/h2-6,11,13,23H,7-10,12H2,1H3/p+1/t13-/m1/s1. The van der Waals surface area contributed by atoms with Gasteiger partial charge < -0.3 is 15.1 Å². The fourth-order valence-corrected chi connectivity index (χ4v) is 2.95. The third kappa shape index (κ3) is 4.32. The van der Waals surface area contributed by atoms with Gasteiger partial charge in [0.2, 0.25) is 5.95 Å². The molecule has 1 atom stereocenters. The van der Waals surface area contributed by atoms with E-state index in [1.54, 1.807) is 24.5 Å². The SMILES string of the molecule is C[C@@H]([NH2+]CC(=O)N1CCN(c2ncccn2)CC1)c1ccc(F)c(F)c1. The Morgan fingerprint density at radius 2 is 1.85 bits per heavy atom. The molecule has 2 heterocycles. The highest BCUT2D eigenvalue weighted by Gasteiger charge is 2.24. The Balaban J connectivity index is 1.47. The van der Waals surface area contributed by atoms with Crippen LogP contribution in [0.4, 0.5) is 14.7 Å². The van der Waals surface area contributed by atoms with Crippen LogP contribution in [0.25, 0.3) is 0 Å². The third-order valence-electron chi connectivity index (χ3n) is 4.58. The molecule has 1 aliphatic rings. The monoisotopic (exact) mass is 362 g/mol. The second kappa shape index (κ2) is 8.18. The highest BCUT2D eigenvalue weighted by molar-refractivity contribution is 5.77. The van der Waals surface area contributed by atoms with E-state index in [0.29, 0.717) is 37.7 Å². The summed E-state index contributed by atoms with van der Waals surface area (Å²) in [5.41, 5.74) is 0.655. The summed E-state index contributed by atoms with van der Waals surface area (Å²) in [6, 6.07) is 5.48. The number of carbonyl (C=O) groups is 1. The number of halogens is 2. The number of quaternary nitrogens is 1. The first-order chi connectivity index (χ1) is 12.5. The van der Waals surface area contributed by atoms with Crippen molar-refractivity contribution in [3.8, 4) is 0 Å². The molecule has 0 unspecified atom stereocenters. The van der Waals surface area contributed by atoms with Crippen LogP contribution in [0.2, 0.25) is 0 Å². The topological polar surface area (TPSA) is 65.9 Å². The molecule has 1 fully saturated rings. The molecule has 2 N–H and O–H groups in total. The Morgan fingerprint density at radius 3 is 2.50 bits per heavy atom. The van der Waals surface area contributed by atoms with Crippen LogP contribution in [-0.2, 0) is 4.79 Å². The molecular formula is C18H22F2N5O+. The van der Waals surface area contributed by atoms with Crippen LogP contribution in [0.3, 0.4) is 0 Å². The molecule has 1 aromatic heterocycles. The second-order valence-corrected chi connectivity index (χ2v) is 6.32. The first kappa shape index (κ1) is 18.2. The lowest BCUT2D eigenvalue weighted by atomic mass is 10.1.